The SMILES string of the molecule is Cc1c(CNC(C)C)cccc1S(=O)(=O)NCCN(C)C. The Kier molecular flexibility index (Phi) is 6.80. The highest BCUT2D eigenvalue weighted by Gasteiger charge is 2.17. The van der Waals surface area contributed by atoms with Gasteiger partial charge in [-0.05, 0) is 38.2 Å². The van der Waals surface area contributed by atoms with E-state index >= 15 is 0 Å². The molecule has 0 heterocycles. The average Bonchev–Trinajstić information content (AvgIpc) is 2.36. The third-order valence-corrected chi connectivity index (χ3v) is 4.84. The van der Waals surface area contributed by atoms with Gasteiger partial charge >= 0.3 is 0 Å². The van der Waals surface area contributed by atoms with Crippen LogP contribution in [0.3, 0.4) is 0 Å². The van der Waals surface area contributed by atoms with Crippen molar-refractivity contribution in [2.45, 2.75) is 38.3 Å². The maximum absolute atomic E-state index is 12.4. The molecule has 1 aromatic carbocycles. The van der Waals surface area contributed by atoms with Crippen LogP contribution < -0.4 is 10.0 Å². The van der Waals surface area contributed by atoms with E-state index in [4.69, 9.17) is 0 Å². The lowest BCUT2D eigenvalue weighted by atomic mass is 10.1. The van der Waals surface area contributed by atoms with Crippen molar-refractivity contribution < 1.29 is 8.42 Å². The molecule has 0 aliphatic rings. The van der Waals surface area contributed by atoms with E-state index in [0.29, 0.717) is 30.6 Å². The zero-order valence-corrected chi connectivity index (χ0v) is 14.4. The smallest absolute Gasteiger partial charge is 0.240 e. The molecule has 0 saturated heterocycles. The average molecular weight is 313 g/mol. The molecule has 0 aliphatic carbocycles. The van der Waals surface area contributed by atoms with Gasteiger partial charge in [0.25, 0.3) is 0 Å². The fraction of sp³-hybridized carbons (Fsp3) is 0.600. The Balaban J connectivity index is 2.89. The second kappa shape index (κ2) is 7.89. The second-order valence-electron chi connectivity index (χ2n) is 5.78. The Morgan fingerprint density at radius 2 is 1.90 bits per heavy atom. The minimum atomic E-state index is -3.45. The van der Waals surface area contributed by atoms with E-state index in [9.17, 15) is 8.42 Å². The van der Waals surface area contributed by atoms with Crippen molar-refractivity contribution in [3.8, 4) is 0 Å². The summed E-state index contributed by atoms with van der Waals surface area (Å²) < 4.78 is 27.4. The lowest BCUT2D eigenvalue weighted by molar-refractivity contribution is 0.412. The summed E-state index contributed by atoms with van der Waals surface area (Å²) in [5.41, 5.74) is 1.82. The summed E-state index contributed by atoms with van der Waals surface area (Å²) in [5.74, 6) is 0. The van der Waals surface area contributed by atoms with Gasteiger partial charge in [-0.15, -0.1) is 0 Å². The quantitative estimate of drug-likeness (QED) is 0.760. The summed E-state index contributed by atoms with van der Waals surface area (Å²) >= 11 is 0. The summed E-state index contributed by atoms with van der Waals surface area (Å²) in [6.45, 7) is 7.75. The van der Waals surface area contributed by atoms with Crippen LogP contribution in [0.4, 0.5) is 0 Å². The molecule has 21 heavy (non-hydrogen) atoms. The highest BCUT2D eigenvalue weighted by molar-refractivity contribution is 7.89. The maximum Gasteiger partial charge on any atom is 0.240 e. The summed E-state index contributed by atoms with van der Waals surface area (Å²) in [6, 6.07) is 5.78. The number of nitrogens with one attached hydrogen (secondary N) is 2. The van der Waals surface area contributed by atoms with Crippen LogP contribution in [0.2, 0.25) is 0 Å². The standard InChI is InChI=1S/C15H27N3O2S/c1-12(2)16-11-14-7-6-8-15(13(14)3)21(19,20)17-9-10-18(4)5/h6-8,12,16-17H,9-11H2,1-5H3. The monoisotopic (exact) mass is 313 g/mol. The molecule has 0 saturated carbocycles. The van der Waals surface area contributed by atoms with Crippen molar-refractivity contribution in [3.05, 3.63) is 29.3 Å². The Bertz CT molecular complexity index is 554. The molecule has 6 heteroatoms. The van der Waals surface area contributed by atoms with E-state index in [0.717, 1.165) is 11.1 Å². The van der Waals surface area contributed by atoms with E-state index in [2.05, 4.69) is 23.9 Å². The fourth-order valence-electron chi connectivity index (χ4n) is 1.94. The van der Waals surface area contributed by atoms with Gasteiger partial charge < -0.3 is 10.2 Å². The molecule has 0 radical (unpaired) electrons. The van der Waals surface area contributed by atoms with Crippen LogP contribution in [-0.4, -0.2) is 46.5 Å². The van der Waals surface area contributed by atoms with Crippen molar-refractivity contribution in [3.63, 3.8) is 0 Å². The van der Waals surface area contributed by atoms with Crippen LogP contribution in [0.25, 0.3) is 0 Å². The molecule has 0 atom stereocenters. The van der Waals surface area contributed by atoms with E-state index in [1.165, 1.54) is 0 Å². The normalized spacial score (nSPS) is 12.3. The molecule has 0 bridgehead atoms. The number of hydrogen-bond donors (Lipinski definition) is 2. The molecule has 2 N–H and O–H groups in total. The van der Waals surface area contributed by atoms with Gasteiger partial charge in [-0.25, -0.2) is 13.1 Å². The van der Waals surface area contributed by atoms with Gasteiger partial charge in [0.2, 0.25) is 10.0 Å². The Morgan fingerprint density at radius 3 is 2.48 bits per heavy atom. The highest BCUT2D eigenvalue weighted by Crippen LogP contribution is 2.18. The lowest BCUT2D eigenvalue weighted by Crippen LogP contribution is -2.32. The topological polar surface area (TPSA) is 61.4 Å². The van der Waals surface area contributed by atoms with E-state index in [1.54, 1.807) is 12.1 Å². The molecular formula is C15H27N3O2S. The number of rotatable bonds is 8. The van der Waals surface area contributed by atoms with E-state index in [-0.39, 0.29) is 0 Å². The molecule has 0 unspecified atom stereocenters. The van der Waals surface area contributed by atoms with Crippen molar-refractivity contribution in [2.75, 3.05) is 27.2 Å². The van der Waals surface area contributed by atoms with Crippen LogP contribution in [0.5, 0.6) is 0 Å². The molecule has 5 nitrogen and oxygen atoms in total. The van der Waals surface area contributed by atoms with Gasteiger partial charge in [0.1, 0.15) is 0 Å². The summed E-state index contributed by atoms with van der Waals surface area (Å²) in [7, 11) is 0.377. The van der Waals surface area contributed by atoms with Crippen LogP contribution in [0.1, 0.15) is 25.0 Å². The minimum absolute atomic E-state index is 0.364. The fourth-order valence-corrected chi connectivity index (χ4v) is 3.25. The highest BCUT2D eigenvalue weighted by atomic mass is 32.2. The number of nitrogens with zero attached hydrogens (tertiary/aromatic N) is 1. The van der Waals surface area contributed by atoms with Crippen molar-refractivity contribution in [1.82, 2.24) is 14.9 Å². The van der Waals surface area contributed by atoms with Gasteiger partial charge in [-0.3, -0.25) is 0 Å². The third kappa shape index (κ3) is 5.74. The molecule has 0 spiro atoms. The number of benzene rings is 1. The van der Waals surface area contributed by atoms with Crippen LogP contribution >= 0.6 is 0 Å². The third-order valence-electron chi connectivity index (χ3n) is 3.24. The van der Waals surface area contributed by atoms with Crippen LogP contribution in [0.15, 0.2) is 23.1 Å². The first kappa shape index (κ1) is 18.1. The molecule has 0 aliphatic heterocycles. The predicted molar refractivity (Wildman–Crippen MR) is 86.9 cm³/mol. The van der Waals surface area contributed by atoms with Crippen molar-refractivity contribution in [1.29, 1.82) is 0 Å². The molecular weight excluding hydrogens is 286 g/mol. The van der Waals surface area contributed by atoms with Gasteiger partial charge in [0, 0.05) is 25.7 Å². The number of hydrogen-bond acceptors (Lipinski definition) is 4. The summed E-state index contributed by atoms with van der Waals surface area (Å²) in [6.07, 6.45) is 0. The zero-order chi connectivity index (χ0) is 16.0. The lowest BCUT2D eigenvalue weighted by Gasteiger charge is -2.15. The molecule has 0 fully saturated rings. The van der Waals surface area contributed by atoms with Crippen molar-refractivity contribution >= 4 is 10.0 Å². The largest absolute Gasteiger partial charge is 0.310 e. The van der Waals surface area contributed by atoms with Gasteiger partial charge in [-0.1, -0.05) is 26.0 Å². The van der Waals surface area contributed by atoms with Gasteiger partial charge in [0.15, 0.2) is 0 Å². The molecule has 120 valence electrons. The van der Waals surface area contributed by atoms with Crippen LogP contribution in [-0.2, 0) is 16.6 Å². The summed E-state index contributed by atoms with van der Waals surface area (Å²) in [4.78, 5) is 2.31. The van der Waals surface area contributed by atoms with E-state index < -0.39 is 10.0 Å². The molecule has 0 aromatic heterocycles. The zero-order valence-electron chi connectivity index (χ0n) is 13.6. The van der Waals surface area contributed by atoms with Gasteiger partial charge in [-0.2, -0.15) is 0 Å². The Labute approximate surface area is 128 Å². The van der Waals surface area contributed by atoms with Crippen LogP contribution in [0, 0.1) is 6.92 Å². The first-order valence-corrected chi connectivity index (χ1v) is 8.68. The van der Waals surface area contributed by atoms with Crippen molar-refractivity contribution in [2.24, 2.45) is 0 Å². The first-order chi connectivity index (χ1) is 9.74. The maximum atomic E-state index is 12.4. The first-order valence-electron chi connectivity index (χ1n) is 7.20. The molecule has 0 amide bonds. The minimum Gasteiger partial charge on any atom is -0.310 e. The number of likely N-dealkylation sites (N-methyl/N-ethyl adjacent to an activating group) is 1. The summed E-state index contributed by atoms with van der Waals surface area (Å²) in [5, 5.41) is 3.32. The molecule has 1 aromatic rings. The predicted octanol–water partition coefficient (Wildman–Crippen LogP) is 1.33. The molecule has 1 rings (SSSR count). The Hall–Kier alpha value is -0.950. The Morgan fingerprint density at radius 1 is 1.24 bits per heavy atom. The second-order valence-corrected chi connectivity index (χ2v) is 7.51. The van der Waals surface area contributed by atoms with E-state index in [1.807, 2.05) is 32.0 Å². The number of sulfonamides is 1. The van der Waals surface area contributed by atoms with Gasteiger partial charge in [0.05, 0.1) is 4.90 Å².